The minimum Gasteiger partial charge on any atom is -0.367 e. The summed E-state index contributed by atoms with van der Waals surface area (Å²) in [5.74, 6) is -0.955. The second kappa shape index (κ2) is 7.45. The number of piperazine rings is 1. The first-order chi connectivity index (χ1) is 13.2. The summed E-state index contributed by atoms with van der Waals surface area (Å²) in [6.45, 7) is 0.511. The Kier molecular flexibility index (Phi) is 5.21. The maximum absolute atomic E-state index is 13.4. The van der Waals surface area contributed by atoms with Crippen molar-refractivity contribution < 1.29 is 27.3 Å². The lowest BCUT2D eigenvalue weighted by molar-refractivity contribution is -0.385. The second-order valence-electron chi connectivity index (χ2n) is 6.25. The molecule has 2 aromatic rings. The van der Waals surface area contributed by atoms with Gasteiger partial charge in [0.1, 0.15) is 5.82 Å². The first-order valence-electron chi connectivity index (χ1n) is 8.32. The molecule has 0 atom stereocenters. The van der Waals surface area contributed by atoms with E-state index in [4.69, 9.17) is 0 Å². The Bertz CT molecular complexity index is 909. The van der Waals surface area contributed by atoms with E-state index in [1.54, 1.807) is 0 Å². The molecule has 1 fully saturated rings. The van der Waals surface area contributed by atoms with Crippen LogP contribution in [0.1, 0.15) is 15.9 Å². The monoisotopic (exact) mass is 397 g/mol. The van der Waals surface area contributed by atoms with Gasteiger partial charge in [-0.2, -0.15) is 13.2 Å². The molecule has 0 spiro atoms. The van der Waals surface area contributed by atoms with Crippen LogP contribution >= 0.6 is 0 Å². The molecule has 0 unspecified atom stereocenters. The SMILES string of the molecule is O=C(c1cccc(F)c1)N1CCN(c2ccc([N+](=O)[O-])cc2C(F)(F)F)CC1. The predicted octanol–water partition coefficient (Wildman–Crippen LogP) is 3.72. The van der Waals surface area contributed by atoms with Crippen molar-refractivity contribution in [2.45, 2.75) is 6.18 Å². The van der Waals surface area contributed by atoms with Crippen molar-refractivity contribution in [2.24, 2.45) is 0 Å². The molecular weight excluding hydrogens is 382 g/mol. The van der Waals surface area contributed by atoms with E-state index < -0.39 is 34.1 Å². The molecule has 6 nitrogen and oxygen atoms in total. The Hall–Kier alpha value is -3.17. The van der Waals surface area contributed by atoms with Crippen LogP contribution in [0.5, 0.6) is 0 Å². The number of nitro benzene ring substituents is 1. The first kappa shape index (κ1) is 19.6. The fourth-order valence-corrected chi connectivity index (χ4v) is 3.09. The molecular formula is C18H15F4N3O3. The minimum absolute atomic E-state index is 0.113. The molecule has 1 aliphatic rings. The molecule has 0 aliphatic carbocycles. The van der Waals surface area contributed by atoms with Crippen LogP contribution in [0, 0.1) is 15.9 Å². The third-order valence-corrected chi connectivity index (χ3v) is 4.48. The van der Waals surface area contributed by atoms with Crippen molar-refractivity contribution in [1.82, 2.24) is 4.90 Å². The molecule has 0 aromatic heterocycles. The summed E-state index contributed by atoms with van der Waals surface area (Å²) in [6, 6.07) is 7.80. The quantitative estimate of drug-likeness (QED) is 0.450. The van der Waals surface area contributed by atoms with Crippen LogP contribution < -0.4 is 4.90 Å². The van der Waals surface area contributed by atoms with E-state index in [1.165, 1.54) is 28.0 Å². The Morgan fingerprint density at radius 2 is 1.71 bits per heavy atom. The topological polar surface area (TPSA) is 66.7 Å². The smallest absolute Gasteiger partial charge is 0.367 e. The fourth-order valence-electron chi connectivity index (χ4n) is 3.09. The summed E-state index contributed by atoms with van der Waals surface area (Å²) in [5, 5.41) is 10.8. The molecule has 1 heterocycles. The van der Waals surface area contributed by atoms with Crippen LogP contribution in [0.15, 0.2) is 42.5 Å². The number of carbonyl (C=O) groups excluding carboxylic acids is 1. The van der Waals surface area contributed by atoms with Crippen molar-refractivity contribution in [3.05, 3.63) is 69.5 Å². The highest BCUT2D eigenvalue weighted by atomic mass is 19.4. The first-order valence-corrected chi connectivity index (χ1v) is 8.32. The number of alkyl halides is 3. The molecule has 2 aromatic carbocycles. The highest BCUT2D eigenvalue weighted by Crippen LogP contribution is 2.39. The lowest BCUT2D eigenvalue weighted by Crippen LogP contribution is -2.49. The van der Waals surface area contributed by atoms with Gasteiger partial charge in [-0.3, -0.25) is 14.9 Å². The molecule has 28 heavy (non-hydrogen) atoms. The third-order valence-electron chi connectivity index (χ3n) is 4.48. The van der Waals surface area contributed by atoms with Gasteiger partial charge in [0.2, 0.25) is 0 Å². The Balaban J connectivity index is 1.78. The number of non-ortho nitro benzene ring substituents is 1. The fraction of sp³-hybridized carbons (Fsp3) is 0.278. The Labute approximate surface area is 157 Å². The second-order valence-corrected chi connectivity index (χ2v) is 6.25. The van der Waals surface area contributed by atoms with E-state index in [2.05, 4.69) is 0 Å². The average molecular weight is 397 g/mol. The zero-order chi connectivity index (χ0) is 20.5. The number of amides is 1. The number of benzene rings is 2. The summed E-state index contributed by atoms with van der Waals surface area (Å²) in [4.78, 5) is 25.2. The average Bonchev–Trinajstić information content (AvgIpc) is 2.66. The summed E-state index contributed by atoms with van der Waals surface area (Å²) in [5.41, 5.74) is -1.74. The summed E-state index contributed by atoms with van der Waals surface area (Å²) in [6.07, 6.45) is -4.75. The van der Waals surface area contributed by atoms with Crippen LogP contribution in [-0.2, 0) is 6.18 Å². The number of halogens is 4. The molecule has 1 saturated heterocycles. The Morgan fingerprint density at radius 1 is 1.04 bits per heavy atom. The van der Waals surface area contributed by atoms with E-state index >= 15 is 0 Å². The molecule has 10 heteroatoms. The zero-order valence-electron chi connectivity index (χ0n) is 14.4. The van der Waals surface area contributed by atoms with Crippen molar-refractivity contribution in [2.75, 3.05) is 31.1 Å². The molecule has 148 valence electrons. The molecule has 1 aliphatic heterocycles. The van der Waals surface area contributed by atoms with Gasteiger partial charge in [-0.05, 0) is 24.3 Å². The normalized spacial score (nSPS) is 14.9. The molecule has 3 rings (SSSR count). The Morgan fingerprint density at radius 3 is 2.29 bits per heavy atom. The molecule has 0 radical (unpaired) electrons. The van der Waals surface area contributed by atoms with E-state index in [9.17, 15) is 32.5 Å². The van der Waals surface area contributed by atoms with Crippen LogP contribution in [0.3, 0.4) is 0 Å². The number of anilines is 1. The van der Waals surface area contributed by atoms with Crippen LogP contribution in [-0.4, -0.2) is 41.9 Å². The van der Waals surface area contributed by atoms with Gasteiger partial charge in [-0.25, -0.2) is 4.39 Å². The van der Waals surface area contributed by atoms with Crippen LogP contribution in [0.2, 0.25) is 0 Å². The van der Waals surface area contributed by atoms with Gasteiger partial charge in [-0.1, -0.05) is 6.07 Å². The van der Waals surface area contributed by atoms with Crippen molar-refractivity contribution >= 4 is 17.3 Å². The lowest BCUT2D eigenvalue weighted by Gasteiger charge is -2.37. The largest absolute Gasteiger partial charge is 0.418 e. The number of hydrogen-bond donors (Lipinski definition) is 0. The number of nitrogens with zero attached hydrogens (tertiary/aromatic N) is 3. The summed E-state index contributed by atoms with van der Waals surface area (Å²) in [7, 11) is 0. The van der Waals surface area contributed by atoms with Gasteiger partial charge in [0.15, 0.2) is 0 Å². The number of carbonyl (C=O) groups is 1. The number of hydrogen-bond acceptors (Lipinski definition) is 4. The number of nitro groups is 1. The van der Waals surface area contributed by atoms with Crippen molar-refractivity contribution in [3.63, 3.8) is 0 Å². The van der Waals surface area contributed by atoms with Crippen molar-refractivity contribution in [1.29, 1.82) is 0 Å². The van der Waals surface area contributed by atoms with Crippen LogP contribution in [0.25, 0.3) is 0 Å². The summed E-state index contributed by atoms with van der Waals surface area (Å²) < 4.78 is 53.4. The van der Waals surface area contributed by atoms with Gasteiger partial charge < -0.3 is 9.80 Å². The predicted molar refractivity (Wildman–Crippen MR) is 92.6 cm³/mol. The van der Waals surface area contributed by atoms with Gasteiger partial charge >= 0.3 is 6.18 Å². The van der Waals surface area contributed by atoms with Gasteiger partial charge in [0.25, 0.3) is 11.6 Å². The lowest BCUT2D eigenvalue weighted by atomic mass is 10.1. The third kappa shape index (κ3) is 4.05. The van der Waals surface area contributed by atoms with E-state index in [1.807, 2.05) is 0 Å². The van der Waals surface area contributed by atoms with Gasteiger partial charge in [0, 0.05) is 49.6 Å². The van der Waals surface area contributed by atoms with E-state index in [0.717, 1.165) is 18.2 Å². The summed E-state index contributed by atoms with van der Waals surface area (Å²) >= 11 is 0. The van der Waals surface area contributed by atoms with Gasteiger partial charge in [0.05, 0.1) is 10.5 Å². The van der Waals surface area contributed by atoms with E-state index in [-0.39, 0.29) is 37.4 Å². The van der Waals surface area contributed by atoms with E-state index in [0.29, 0.717) is 6.07 Å². The highest BCUT2D eigenvalue weighted by Gasteiger charge is 2.37. The minimum atomic E-state index is -4.75. The molecule has 0 bridgehead atoms. The standard InChI is InChI=1S/C18H15F4N3O3/c19-13-3-1-2-12(10-13)17(26)24-8-6-23(7-9-24)16-5-4-14(25(27)28)11-15(16)18(20,21)22/h1-5,10-11H,6-9H2. The van der Waals surface area contributed by atoms with Crippen molar-refractivity contribution in [3.8, 4) is 0 Å². The van der Waals surface area contributed by atoms with Crippen LogP contribution in [0.4, 0.5) is 28.9 Å². The molecule has 1 amide bonds. The molecule has 0 N–H and O–H groups in total. The zero-order valence-corrected chi connectivity index (χ0v) is 14.4. The maximum Gasteiger partial charge on any atom is 0.418 e. The molecule has 0 saturated carbocycles. The van der Waals surface area contributed by atoms with Gasteiger partial charge in [-0.15, -0.1) is 0 Å². The number of rotatable bonds is 3. The maximum atomic E-state index is 13.4. The highest BCUT2D eigenvalue weighted by molar-refractivity contribution is 5.94.